The van der Waals surface area contributed by atoms with E-state index in [-0.39, 0.29) is 5.91 Å². The van der Waals surface area contributed by atoms with E-state index in [0.717, 1.165) is 40.9 Å². The lowest BCUT2D eigenvalue weighted by Crippen LogP contribution is -2.37. The van der Waals surface area contributed by atoms with Crippen LogP contribution in [0, 0.1) is 0 Å². The first-order valence-electron chi connectivity index (χ1n) is 10.2. The van der Waals surface area contributed by atoms with Crippen molar-refractivity contribution in [3.05, 3.63) is 76.7 Å². The summed E-state index contributed by atoms with van der Waals surface area (Å²) in [6.45, 7) is 3.39. The molecular weight excluding hydrogens is 426 g/mol. The van der Waals surface area contributed by atoms with Gasteiger partial charge in [-0.15, -0.1) is 0 Å². The van der Waals surface area contributed by atoms with E-state index in [2.05, 4.69) is 11.0 Å². The molecule has 7 heteroatoms. The number of carbonyl (C=O) groups excluding carboxylic acids is 1. The van der Waals surface area contributed by atoms with Crippen molar-refractivity contribution in [3.8, 4) is 0 Å². The summed E-state index contributed by atoms with van der Waals surface area (Å²) in [6, 6.07) is 20.1. The standard InChI is InChI=1S/C24H21N3O2S2/c28-23-21(31-24(30)27(23)16-17-6-2-1-3-7-17)15-19-14-18-8-4-5-9-20(18)25-22(19)26-10-12-29-13-11-26/h1-9,14-15H,10-13,16H2. The summed E-state index contributed by atoms with van der Waals surface area (Å²) in [6.07, 6.45) is 1.94. The molecule has 3 aromatic rings. The van der Waals surface area contributed by atoms with Crippen LogP contribution < -0.4 is 4.90 Å². The molecule has 1 amide bonds. The number of benzene rings is 2. The number of rotatable bonds is 4. The highest BCUT2D eigenvalue weighted by molar-refractivity contribution is 8.26. The molecule has 0 saturated carbocycles. The Labute approximate surface area is 190 Å². The molecule has 0 spiro atoms. The van der Waals surface area contributed by atoms with Crippen LogP contribution in [0.2, 0.25) is 0 Å². The molecule has 0 radical (unpaired) electrons. The van der Waals surface area contributed by atoms with E-state index in [1.54, 1.807) is 4.90 Å². The number of hydrogen-bond acceptors (Lipinski definition) is 6. The number of anilines is 1. The number of hydrogen-bond donors (Lipinski definition) is 0. The van der Waals surface area contributed by atoms with Crippen LogP contribution in [-0.2, 0) is 16.1 Å². The quantitative estimate of drug-likeness (QED) is 0.434. The number of fused-ring (bicyclic) bond motifs is 1. The molecule has 2 saturated heterocycles. The summed E-state index contributed by atoms with van der Waals surface area (Å²) >= 11 is 6.88. The molecule has 3 heterocycles. The first kappa shape index (κ1) is 20.2. The van der Waals surface area contributed by atoms with Crippen LogP contribution in [0.25, 0.3) is 17.0 Å². The lowest BCUT2D eigenvalue weighted by molar-refractivity contribution is -0.122. The van der Waals surface area contributed by atoms with Crippen LogP contribution in [0.15, 0.2) is 65.6 Å². The zero-order valence-electron chi connectivity index (χ0n) is 16.9. The number of amides is 1. The van der Waals surface area contributed by atoms with Gasteiger partial charge >= 0.3 is 0 Å². The predicted molar refractivity (Wildman–Crippen MR) is 130 cm³/mol. The van der Waals surface area contributed by atoms with E-state index in [1.165, 1.54) is 11.8 Å². The van der Waals surface area contributed by atoms with E-state index in [0.29, 0.717) is 29.0 Å². The van der Waals surface area contributed by atoms with Gasteiger partial charge in [-0.3, -0.25) is 9.69 Å². The minimum absolute atomic E-state index is 0.0556. The number of thiocarbonyl (C=S) groups is 1. The summed E-state index contributed by atoms with van der Waals surface area (Å²) in [5, 5.41) is 1.05. The molecule has 0 N–H and O–H groups in total. The number of thioether (sulfide) groups is 1. The van der Waals surface area contributed by atoms with Gasteiger partial charge in [-0.1, -0.05) is 72.5 Å². The lowest BCUT2D eigenvalue weighted by atomic mass is 10.1. The summed E-state index contributed by atoms with van der Waals surface area (Å²) in [4.78, 5) is 22.6. The average Bonchev–Trinajstić information content (AvgIpc) is 3.07. The van der Waals surface area contributed by atoms with Crippen LogP contribution in [0.1, 0.15) is 11.1 Å². The van der Waals surface area contributed by atoms with E-state index >= 15 is 0 Å². The fourth-order valence-electron chi connectivity index (χ4n) is 3.80. The Morgan fingerprint density at radius 1 is 1.06 bits per heavy atom. The first-order chi connectivity index (χ1) is 15.2. The molecular formula is C24H21N3O2S2. The Morgan fingerprint density at radius 3 is 2.61 bits per heavy atom. The Kier molecular flexibility index (Phi) is 5.72. The third-order valence-electron chi connectivity index (χ3n) is 5.39. The maximum absolute atomic E-state index is 13.2. The summed E-state index contributed by atoms with van der Waals surface area (Å²) < 4.78 is 6.10. The summed E-state index contributed by atoms with van der Waals surface area (Å²) in [5.74, 6) is 0.829. The van der Waals surface area contributed by atoms with E-state index < -0.39 is 0 Å². The number of ether oxygens (including phenoxy) is 1. The third kappa shape index (κ3) is 4.21. The summed E-state index contributed by atoms with van der Waals surface area (Å²) in [7, 11) is 0. The van der Waals surface area contributed by atoms with Gasteiger partial charge in [0.2, 0.25) is 0 Å². The van der Waals surface area contributed by atoms with Gasteiger partial charge in [0.05, 0.1) is 30.2 Å². The van der Waals surface area contributed by atoms with Crippen LogP contribution in [-0.4, -0.2) is 46.4 Å². The zero-order valence-corrected chi connectivity index (χ0v) is 18.5. The van der Waals surface area contributed by atoms with Crippen molar-refractivity contribution in [3.63, 3.8) is 0 Å². The van der Waals surface area contributed by atoms with Gasteiger partial charge in [0.15, 0.2) is 0 Å². The summed E-state index contributed by atoms with van der Waals surface area (Å²) in [5.41, 5.74) is 2.93. The van der Waals surface area contributed by atoms with Gasteiger partial charge in [0.1, 0.15) is 10.1 Å². The van der Waals surface area contributed by atoms with Crippen molar-refractivity contribution in [2.75, 3.05) is 31.2 Å². The maximum atomic E-state index is 13.2. The molecule has 2 aromatic carbocycles. The van der Waals surface area contributed by atoms with Crippen molar-refractivity contribution in [2.24, 2.45) is 0 Å². The fourth-order valence-corrected chi connectivity index (χ4v) is 5.05. The lowest BCUT2D eigenvalue weighted by Gasteiger charge is -2.29. The van der Waals surface area contributed by atoms with Crippen LogP contribution >= 0.6 is 24.0 Å². The van der Waals surface area contributed by atoms with Crippen molar-refractivity contribution in [1.82, 2.24) is 9.88 Å². The highest BCUT2D eigenvalue weighted by Gasteiger charge is 2.32. The van der Waals surface area contributed by atoms with Crippen LogP contribution in [0.4, 0.5) is 5.82 Å². The van der Waals surface area contributed by atoms with Crippen molar-refractivity contribution in [2.45, 2.75) is 6.54 Å². The Balaban J connectivity index is 1.51. The number of pyridine rings is 1. The number of para-hydroxylation sites is 1. The molecule has 0 aliphatic carbocycles. The highest BCUT2D eigenvalue weighted by atomic mass is 32.2. The molecule has 0 atom stereocenters. The molecule has 1 aromatic heterocycles. The smallest absolute Gasteiger partial charge is 0.266 e. The van der Waals surface area contributed by atoms with Gasteiger partial charge in [-0.2, -0.15) is 0 Å². The second kappa shape index (κ2) is 8.78. The molecule has 31 heavy (non-hydrogen) atoms. The minimum atomic E-state index is -0.0556. The van der Waals surface area contributed by atoms with Gasteiger partial charge in [-0.25, -0.2) is 4.98 Å². The second-order valence-corrected chi connectivity index (χ2v) is 9.12. The van der Waals surface area contributed by atoms with E-state index in [9.17, 15) is 4.79 Å². The number of morpholine rings is 1. The van der Waals surface area contributed by atoms with Crippen molar-refractivity contribution < 1.29 is 9.53 Å². The van der Waals surface area contributed by atoms with Gasteiger partial charge in [-0.05, 0) is 23.8 Å². The maximum Gasteiger partial charge on any atom is 0.266 e. The van der Waals surface area contributed by atoms with Gasteiger partial charge < -0.3 is 9.64 Å². The Hall–Kier alpha value is -2.74. The molecule has 0 bridgehead atoms. The Morgan fingerprint density at radius 2 is 1.81 bits per heavy atom. The van der Waals surface area contributed by atoms with Crippen LogP contribution in [0.3, 0.4) is 0 Å². The molecule has 156 valence electrons. The van der Waals surface area contributed by atoms with Crippen LogP contribution in [0.5, 0.6) is 0 Å². The topological polar surface area (TPSA) is 45.7 Å². The fraction of sp³-hybridized carbons (Fsp3) is 0.208. The number of aromatic nitrogens is 1. The first-order valence-corrected chi connectivity index (χ1v) is 11.4. The predicted octanol–water partition coefficient (Wildman–Crippen LogP) is 4.47. The van der Waals surface area contributed by atoms with Crippen molar-refractivity contribution >= 4 is 57.0 Å². The molecule has 2 fully saturated rings. The molecule has 5 nitrogen and oxygen atoms in total. The zero-order chi connectivity index (χ0) is 21.2. The minimum Gasteiger partial charge on any atom is -0.378 e. The SMILES string of the molecule is O=C1C(=Cc2cc3ccccc3nc2N2CCOCC2)SC(=S)N1Cc1ccccc1. The van der Waals surface area contributed by atoms with Gasteiger partial charge in [0.25, 0.3) is 5.91 Å². The molecule has 0 unspecified atom stereocenters. The van der Waals surface area contributed by atoms with Crippen molar-refractivity contribution in [1.29, 1.82) is 0 Å². The Bertz CT molecular complexity index is 1170. The van der Waals surface area contributed by atoms with Gasteiger partial charge in [0, 0.05) is 24.0 Å². The number of nitrogens with zero attached hydrogens (tertiary/aromatic N) is 3. The largest absolute Gasteiger partial charge is 0.378 e. The van der Waals surface area contributed by atoms with E-state index in [4.69, 9.17) is 21.9 Å². The monoisotopic (exact) mass is 447 g/mol. The molecule has 5 rings (SSSR count). The highest BCUT2D eigenvalue weighted by Crippen LogP contribution is 2.36. The number of carbonyl (C=O) groups is 1. The average molecular weight is 448 g/mol. The third-order valence-corrected chi connectivity index (χ3v) is 6.76. The van der Waals surface area contributed by atoms with E-state index in [1.807, 2.05) is 60.7 Å². The molecule has 2 aliphatic rings. The second-order valence-electron chi connectivity index (χ2n) is 7.45. The normalized spacial score (nSPS) is 18.4. The molecule has 2 aliphatic heterocycles.